The maximum absolute atomic E-state index is 9.07. The summed E-state index contributed by atoms with van der Waals surface area (Å²) in [5, 5.41) is 16.5. The van der Waals surface area contributed by atoms with Crippen LogP contribution in [0, 0.1) is 17.2 Å². The molecule has 0 saturated carbocycles. The summed E-state index contributed by atoms with van der Waals surface area (Å²) in [6.07, 6.45) is 8.51. The van der Waals surface area contributed by atoms with E-state index in [1.54, 1.807) is 10.9 Å². The van der Waals surface area contributed by atoms with Crippen molar-refractivity contribution in [1.82, 2.24) is 24.6 Å². The monoisotopic (exact) mass is 366 g/mol. The predicted molar refractivity (Wildman–Crippen MR) is 104 cm³/mol. The third-order valence-corrected chi connectivity index (χ3v) is 5.63. The van der Waals surface area contributed by atoms with E-state index in [9.17, 15) is 0 Å². The summed E-state index contributed by atoms with van der Waals surface area (Å²) >= 11 is 0. The average molecular weight is 366 g/mol. The van der Waals surface area contributed by atoms with Crippen molar-refractivity contribution >= 4 is 17.5 Å². The Morgan fingerprint density at radius 1 is 1.33 bits per heavy atom. The summed E-state index contributed by atoms with van der Waals surface area (Å²) in [4.78, 5) is 14.0. The lowest BCUT2D eigenvalue weighted by molar-refractivity contribution is 0.0942. The van der Waals surface area contributed by atoms with Crippen LogP contribution in [0.2, 0.25) is 0 Å². The number of nitrogens with one attached hydrogen (secondary N) is 1. The quantitative estimate of drug-likeness (QED) is 0.868. The molecule has 0 spiro atoms. The van der Waals surface area contributed by atoms with Crippen molar-refractivity contribution in [2.45, 2.75) is 38.3 Å². The minimum absolute atomic E-state index is 0.316. The zero-order chi connectivity index (χ0) is 18.8. The minimum atomic E-state index is 0.316. The van der Waals surface area contributed by atoms with Gasteiger partial charge in [0.15, 0.2) is 0 Å². The number of aryl methyl sites for hydroxylation is 1. The molecule has 1 unspecified atom stereocenters. The van der Waals surface area contributed by atoms with Crippen LogP contribution in [-0.2, 0) is 7.05 Å². The third kappa shape index (κ3) is 3.88. The Kier molecular flexibility index (Phi) is 4.94. The lowest BCUT2D eigenvalue weighted by atomic mass is 9.93. The molecular formula is C19H26N8. The van der Waals surface area contributed by atoms with Crippen LogP contribution in [0.3, 0.4) is 0 Å². The van der Waals surface area contributed by atoms with Gasteiger partial charge in [-0.1, -0.05) is 0 Å². The smallest absolute Gasteiger partial charge is 0.229 e. The first-order valence-corrected chi connectivity index (χ1v) is 9.58. The highest BCUT2D eigenvalue weighted by molar-refractivity contribution is 5.53. The zero-order valence-corrected chi connectivity index (χ0v) is 15.9. The Labute approximate surface area is 159 Å². The van der Waals surface area contributed by atoms with E-state index in [1.165, 1.54) is 12.8 Å². The van der Waals surface area contributed by atoms with Crippen molar-refractivity contribution < 1.29 is 0 Å². The van der Waals surface area contributed by atoms with Crippen LogP contribution in [0.1, 0.15) is 26.2 Å². The molecule has 5 rings (SSSR count). The molecule has 3 aliphatic rings. The Bertz CT molecular complexity index is 825. The van der Waals surface area contributed by atoms with Gasteiger partial charge in [0.05, 0.1) is 24.4 Å². The van der Waals surface area contributed by atoms with Gasteiger partial charge in [0.2, 0.25) is 5.95 Å². The van der Waals surface area contributed by atoms with E-state index in [-0.39, 0.29) is 0 Å². The van der Waals surface area contributed by atoms with Gasteiger partial charge in [-0.3, -0.25) is 9.58 Å². The van der Waals surface area contributed by atoms with Gasteiger partial charge in [-0.25, -0.2) is 4.98 Å². The molecule has 3 aliphatic heterocycles. The number of piperidine rings is 1. The molecule has 0 aromatic carbocycles. The zero-order valence-electron chi connectivity index (χ0n) is 15.9. The highest BCUT2D eigenvalue weighted by Gasteiger charge is 2.37. The van der Waals surface area contributed by atoms with Crippen LogP contribution in [0.4, 0.5) is 17.5 Å². The Morgan fingerprint density at radius 2 is 2.22 bits per heavy atom. The Morgan fingerprint density at radius 3 is 3.00 bits per heavy atom. The number of fused-ring (bicyclic) bond motifs is 4. The molecular weight excluding hydrogens is 340 g/mol. The number of nitrogens with zero attached hydrogens (tertiary/aromatic N) is 7. The number of anilines is 3. The van der Waals surface area contributed by atoms with Gasteiger partial charge < -0.3 is 10.2 Å². The van der Waals surface area contributed by atoms with E-state index in [0.717, 1.165) is 31.1 Å². The molecule has 5 heterocycles. The fraction of sp³-hybridized carbons (Fsp3) is 0.579. The molecule has 3 fully saturated rings. The van der Waals surface area contributed by atoms with Crippen LogP contribution < -0.4 is 10.2 Å². The van der Waals surface area contributed by atoms with Crippen molar-refractivity contribution in [3.05, 3.63) is 24.7 Å². The van der Waals surface area contributed by atoms with Crippen molar-refractivity contribution in [3.63, 3.8) is 0 Å². The number of hydrogen-bond donors (Lipinski definition) is 1. The Hall–Kier alpha value is -2.66. The number of nitriles is 1. The first-order chi connectivity index (χ1) is 13.1. The van der Waals surface area contributed by atoms with Gasteiger partial charge in [0.1, 0.15) is 5.82 Å². The SMILES string of the molecule is CC(CC#N)N1C[C@@H]2CC[C@H]1CN(c1ccnc(Nc3cnn(C)c3)n1)C2. The van der Waals surface area contributed by atoms with Crippen LogP contribution in [0.15, 0.2) is 24.7 Å². The predicted octanol–water partition coefficient (Wildman–Crippen LogP) is 2.16. The molecule has 27 heavy (non-hydrogen) atoms. The number of rotatable bonds is 5. The largest absolute Gasteiger partial charge is 0.355 e. The summed E-state index contributed by atoms with van der Waals surface area (Å²) in [6.45, 7) is 5.22. The van der Waals surface area contributed by atoms with Gasteiger partial charge >= 0.3 is 0 Å². The second-order valence-corrected chi connectivity index (χ2v) is 7.68. The van der Waals surface area contributed by atoms with Crippen LogP contribution in [0.5, 0.6) is 0 Å². The second kappa shape index (κ2) is 7.53. The fourth-order valence-electron chi connectivity index (χ4n) is 4.29. The molecule has 3 saturated heterocycles. The van der Waals surface area contributed by atoms with E-state index < -0.39 is 0 Å². The van der Waals surface area contributed by atoms with E-state index in [1.807, 2.05) is 25.5 Å². The summed E-state index contributed by atoms with van der Waals surface area (Å²) < 4.78 is 1.75. The molecule has 142 valence electrons. The molecule has 0 aliphatic carbocycles. The molecule has 2 aromatic heterocycles. The second-order valence-electron chi connectivity index (χ2n) is 7.68. The van der Waals surface area contributed by atoms with Crippen LogP contribution in [0.25, 0.3) is 0 Å². The van der Waals surface area contributed by atoms with Crippen LogP contribution >= 0.6 is 0 Å². The van der Waals surface area contributed by atoms with E-state index in [4.69, 9.17) is 10.2 Å². The topological polar surface area (TPSA) is 85.9 Å². The Balaban J connectivity index is 1.50. The lowest BCUT2D eigenvalue weighted by Crippen LogP contribution is -2.48. The van der Waals surface area contributed by atoms with Gasteiger partial charge in [0.25, 0.3) is 0 Å². The first-order valence-electron chi connectivity index (χ1n) is 9.58. The van der Waals surface area contributed by atoms with Gasteiger partial charge in [-0.15, -0.1) is 0 Å². The fourth-order valence-corrected chi connectivity index (χ4v) is 4.29. The molecule has 0 radical (unpaired) electrons. The number of aromatic nitrogens is 4. The van der Waals surface area contributed by atoms with Gasteiger partial charge in [0, 0.05) is 51.2 Å². The highest BCUT2D eigenvalue weighted by atomic mass is 15.3. The lowest BCUT2D eigenvalue weighted by Gasteiger charge is -2.39. The summed E-state index contributed by atoms with van der Waals surface area (Å²) in [5.41, 5.74) is 0.877. The van der Waals surface area contributed by atoms with E-state index in [2.05, 4.69) is 38.2 Å². The molecule has 2 bridgehead atoms. The molecule has 2 aromatic rings. The molecule has 0 amide bonds. The standard InChI is InChI=1S/C19H26N8/c1-14(5-7-20)27-11-15-3-4-17(27)13-26(10-15)18-6-8-21-19(24-18)23-16-9-22-25(2)12-16/h6,8-9,12,14-15,17H,3-5,10-11,13H2,1-2H3,(H,21,23,24)/t14?,15-,17+/m1/s1. The van der Waals surface area contributed by atoms with Crippen molar-refractivity contribution in [2.24, 2.45) is 13.0 Å². The molecule has 1 N–H and O–H groups in total. The van der Waals surface area contributed by atoms with Crippen molar-refractivity contribution in [3.8, 4) is 6.07 Å². The molecule has 8 heteroatoms. The summed E-state index contributed by atoms with van der Waals surface area (Å²) in [5.74, 6) is 2.17. The summed E-state index contributed by atoms with van der Waals surface area (Å²) in [7, 11) is 1.88. The highest BCUT2D eigenvalue weighted by Crippen LogP contribution is 2.32. The normalized spacial score (nSPS) is 23.7. The van der Waals surface area contributed by atoms with Crippen LogP contribution in [-0.4, -0.2) is 56.4 Å². The average Bonchev–Trinajstić information content (AvgIpc) is 2.88. The van der Waals surface area contributed by atoms with Crippen molar-refractivity contribution in [1.29, 1.82) is 5.26 Å². The van der Waals surface area contributed by atoms with Crippen molar-refractivity contribution in [2.75, 3.05) is 29.9 Å². The third-order valence-electron chi connectivity index (χ3n) is 5.63. The molecule has 3 atom stereocenters. The minimum Gasteiger partial charge on any atom is -0.355 e. The van der Waals surface area contributed by atoms with Gasteiger partial charge in [-0.05, 0) is 31.7 Å². The van der Waals surface area contributed by atoms with E-state index in [0.29, 0.717) is 30.4 Å². The van der Waals surface area contributed by atoms with Gasteiger partial charge in [-0.2, -0.15) is 15.3 Å². The number of hydrogen-bond acceptors (Lipinski definition) is 7. The summed E-state index contributed by atoms with van der Waals surface area (Å²) in [6, 6.07) is 5.12. The molecule has 8 nitrogen and oxygen atoms in total. The maximum atomic E-state index is 9.07. The first kappa shape index (κ1) is 17.7. The maximum Gasteiger partial charge on any atom is 0.229 e. The van der Waals surface area contributed by atoms with E-state index >= 15 is 0 Å².